The summed E-state index contributed by atoms with van der Waals surface area (Å²) in [6.07, 6.45) is -9.54. The quantitative estimate of drug-likeness (QED) is 0.566. The first-order valence-corrected chi connectivity index (χ1v) is 6.12. The molecule has 0 aliphatic heterocycles. The van der Waals surface area contributed by atoms with E-state index in [1.807, 2.05) is 0 Å². The maximum atomic E-state index is 12.8. The molecule has 2 radical (unpaired) electrons. The highest BCUT2D eigenvalue weighted by Gasteiger charge is 2.71. The van der Waals surface area contributed by atoms with Gasteiger partial charge in [-0.2, -0.15) is 26.3 Å². The van der Waals surface area contributed by atoms with E-state index >= 15 is 0 Å². The van der Waals surface area contributed by atoms with Gasteiger partial charge in [0.05, 0.1) is 0 Å². The summed E-state index contributed by atoms with van der Waals surface area (Å²) in [6.45, 7) is 0. The normalized spacial score (nSPS) is 32.0. The molecule has 0 aromatic carbocycles. The van der Waals surface area contributed by atoms with Gasteiger partial charge >= 0.3 is 12.4 Å². The third kappa shape index (κ3) is 2.36. The van der Waals surface area contributed by atoms with Crippen LogP contribution in [-0.4, -0.2) is 26.0 Å². The highest BCUT2D eigenvalue weighted by atomic mass is 19.4. The van der Waals surface area contributed by atoms with Crippen LogP contribution in [0.25, 0.3) is 0 Å². The number of fused-ring (bicyclic) bond motifs is 2. The first kappa shape index (κ1) is 15.0. The summed E-state index contributed by atoms with van der Waals surface area (Å²) >= 11 is 0. The number of hydrogen-bond acceptors (Lipinski definition) is 1. The van der Waals surface area contributed by atoms with Crippen molar-refractivity contribution >= 4 is 8.05 Å². The van der Waals surface area contributed by atoms with Crippen molar-refractivity contribution in [2.75, 3.05) is 0 Å². The Balaban J connectivity index is 2.23. The van der Waals surface area contributed by atoms with E-state index in [4.69, 9.17) is 0 Å². The molecule has 2 aliphatic rings. The molecule has 108 valence electrons. The van der Waals surface area contributed by atoms with Gasteiger partial charge in [-0.3, -0.25) is 0 Å². The van der Waals surface area contributed by atoms with E-state index in [-0.39, 0.29) is 11.8 Å². The minimum atomic E-state index is -5.57. The van der Waals surface area contributed by atoms with Crippen molar-refractivity contribution in [1.29, 1.82) is 0 Å². The highest BCUT2D eigenvalue weighted by molar-refractivity contribution is 5.98. The fourth-order valence-corrected chi connectivity index (χ4v) is 3.57. The minimum absolute atomic E-state index is 0.0655. The lowest BCUT2D eigenvalue weighted by Gasteiger charge is -2.40. The summed E-state index contributed by atoms with van der Waals surface area (Å²) < 4.78 is 80.5. The van der Waals surface area contributed by atoms with Gasteiger partial charge < -0.3 is 4.65 Å². The van der Waals surface area contributed by atoms with Crippen LogP contribution in [0.1, 0.15) is 32.1 Å². The predicted octanol–water partition coefficient (Wildman–Crippen LogP) is 3.78. The van der Waals surface area contributed by atoms with Crippen molar-refractivity contribution in [1.82, 2.24) is 0 Å². The molecule has 0 aromatic rings. The molecule has 2 rings (SSSR count). The van der Waals surface area contributed by atoms with Gasteiger partial charge in [-0.15, -0.1) is 0 Å². The van der Waals surface area contributed by atoms with Crippen molar-refractivity contribution in [3.8, 4) is 0 Å². The molecule has 0 saturated heterocycles. The van der Waals surface area contributed by atoms with Gasteiger partial charge in [0.2, 0.25) is 5.60 Å². The Morgan fingerprint density at radius 3 is 1.84 bits per heavy atom. The summed E-state index contributed by atoms with van der Waals surface area (Å²) in [7, 11) is 4.42. The third-order valence-corrected chi connectivity index (χ3v) is 4.55. The van der Waals surface area contributed by atoms with Crippen LogP contribution in [0, 0.1) is 17.8 Å². The van der Waals surface area contributed by atoms with Gasteiger partial charge in [0.1, 0.15) is 0 Å². The average Bonchev–Trinajstić information content (AvgIpc) is 2.83. The van der Waals surface area contributed by atoms with Crippen LogP contribution in [0.15, 0.2) is 0 Å². The summed E-state index contributed by atoms with van der Waals surface area (Å²) in [5, 5.41) is 0. The van der Waals surface area contributed by atoms with Crippen LogP contribution in [0.4, 0.5) is 26.3 Å². The number of halogens is 6. The summed E-state index contributed by atoms with van der Waals surface area (Å²) in [4.78, 5) is 0. The minimum Gasteiger partial charge on any atom is -0.429 e. The molecular weight excluding hydrogens is 273 g/mol. The van der Waals surface area contributed by atoms with Crippen LogP contribution in [-0.2, 0) is 4.65 Å². The maximum Gasteiger partial charge on any atom is 0.424 e. The molecular formula is C11H13BF6O. The molecule has 0 spiro atoms. The van der Waals surface area contributed by atoms with E-state index in [0.717, 1.165) is 12.8 Å². The van der Waals surface area contributed by atoms with Crippen LogP contribution in [0.5, 0.6) is 0 Å². The van der Waals surface area contributed by atoms with Gasteiger partial charge in [-0.1, -0.05) is 6.42 Å². The smallest absolute Gasteiger partial charge is 0.424 e. The standard InChI is InChI=1S/C11H13BF6O/c12-19-9(10(13,14)15,11(16,17)18)5-8-4-6-1-2-7(8)3-6/h6-8H,1-5H2. The molecule has 2 fully saturated rings. The molecule has 3 atom stereocenters. The second kappa shape index (κ2) is 4.57. The van der Waals surface area contributed by atoms with E-state index in [1.165, 1.54) is 0 Å². The first-order valence-electron chi connectivity index (χ1n) is 6.12. The molecule has 2 saturated carbocycles. The van der Waals surface area contributed by atoms with Crippen LogP contribution >= 0.6 is 0 Å². The second-order valence-corrected chi connectivity index (χ2v) is 5.58. The second-order valence-electron chi connectivity index (χ2n) is 5.58. The molecule has 8 heteroatoms. The molecule has 19 heavy (non-hydrogen) atoms. The Morgan fingerprint density at radius 1 is 0.947 bits per heavy atom. The van der Waals surface area contributed by atoms with Crippen molar-refractivity contribution in [3.63, 3.8) is 0 Å². The highest BCUT2D eigenvalue weighted by Crippen LogP contribution is 2.56. The van der Waals surface area contributed by atoms with Gasteiger partial charge in [-0.25, -0.2) is 0 Å². The lowest BCUT2D eigenvalue weighted by molar-refractivity contribution is -0.362. The Bertz CT molecular complexity index is 325. The Morgan fingerprint density at radius 2 is 1.53 bits per heavy atom. The molecule has 0 amide bonds. The topological polar surface area (TPSA) is 9.23 Å². The van der Waals surface area contributed by atoms with Gasteiger partial charge in [0.15, 0.2) is 0 Å². The maximum absolute atomic E-state index is 12.8. The van der Waals surface area contributed by atoms with E-state index < -0.39 is 30.3 Å². The average molecular weight is 286 g/mol. The monoisotopic (exact) mass is 286 g/mol. The number of rotatable bonds is 3. The third-order valence-electron chi connectivity index (χ3n) is 4.55. The largest absolute Gasteiger partial charge is 0.429 e. The predicted molar refractivity (Wildman–Crippen MR) is 55.2 cm³/mol. The zero-order valence-electron chi connectivity index (χ0n) is 10.0. The summed E-state index contributed by atoms with van der Waals surface area (Å²) in [5.74, 6) is -0.429. The van der Waals surface area contributed by atoms with Crippen molar-refractivity contribution < 1.29 is 31.0 Å². The molecule has 0 N–H and O–H groups in total. The fraction of sp³-hybridized carbons (Fsp3) is 1.00. The molecule has 2 aliphatic carbocycles. The van der Waals surface area contributed by atoms with Crippen molar-refractivity contribution in [2.45, 2.75) is 50.1 Å². The zero-order chi connectivity index (χ0) is 14.5. The van der Waals surface area contributed by atoms with E-state index in [1.54, 1.807) is 0 Å². The lowest BCUT2D eigenvalue weighted by Crippen LogP contribution is -2.59. The summed E-state index contributed by atoms with van der Waals surface area (Å²) in [6, 6.07) is 0. The first-order chi connectivity index (χ1) is 8.61. The van der Waals surface area contributed by atoms with E-state index in [9.17, 15) is 26.3 Å². The Kier molecular flexibility index (Phi) is 3.61. The Labute approximate surface area is 108 Å². The molecule has 1 nitrogen and oxygen atoms in total. The van der Waals surface area contributed by atoms with Crippen molar-refractivity contribution in [2.24, 2.45) is 17.8 Å². The van der Waals surface area contributed by atoms with Crippen LogP contribution < -0.4 is 0 Å². The number of hydrogen-bond donors (Lipinski definition) is 0. The van der Waals surface area contributed by atoms with Crippen LogP contribution in [0.3, 0.4) is 0 Å². The van der Waals surface area contributed by atoms with E-state index in [2.05, 4.69) is 12.7 Å². The number of alkyl halides is 6. The SMILES string of the molecule is [B]OC(CC1CC2CCC1C2)(C(F)(F)F)C(F)(F)F. The molecule has 0 heterocycles. The summed E-state index contributed by atoms with van der Waals surface area (Å²) in [5.41, 5.74) is -4.24. The molecule has 3 unspecified atom stereocenters. The lowest BCUT2D eigenvalue weighted by atomic mass is 9.79. The molecule has 0 aromatic heterocycles. The van der Waals surface area contributed by atoms with Gasteiger partial charge in [-0.05, 0) is 43.4 Å². The van der Waals surface area contributed by atoms with E-state index in [0.29, 0.717) is 12.8 Å². The van der Waals surface area contributed by atoms with Crippen LogP contribution in [0.2, 0.25) is 0 Å². The Hall–Kier alpha value is -0.395. The zero-order valence-corrected chi connectivity index (χ0v) is 10.0. The molecule has 2 bridgehead atoms. The van der Waals surface area contributed by atoms with Gasteiger partial charge in [0, 0.05) is 0 Å². The van der Waals surface area contributed by atoms with Crippen molar-refractivity contribution in [3.05, 3.63) is 0 Å². The van der Waals surface area contributed by atoms with Gasteiger partial charge in [0.25, 0.3) is 8.05 Å². The fourth-order valence-electron chi connectivity index (χ4n) is 3.57.